The van der Waals surface area contributed by atoms with Crippen LogP contribution >= 0.6 is 22.9 Å². The number of para-hydroxylation sites is 1. The number of anilines is 1. The molecule has 2 aromatic heterocycles. The van der Waals surface area contributed by atoms with Crippen molar-refractivity contribution < 1.29 is 4.79 Å². The lowest BCUT2D eigenvalue weighted by atomic mass is 10.1. The minimum absolute atomic E-state index is 0.180. The van der Waals surface area contributed by atoms with E-state index in [2.05, 4.69) is 18.3 Å². The molecule has 0 saturated heterocycles. The van der Waals surface area contributed by atoms with Gasteiger partial charge in [-0.25, -0.2) is 4.98 Å². The second-order valence-corrected chi connectivity index (χ2v) is 7.67. The Morgan fingerprint density at radius 1 is 1.04 bits per heavy atom. The molecule has 128 valence electrons. The number of rotatable bonds is 3. The predicted octanol–water partition coefficient (Wildman–Crippen LogP) is 6.18. The monoisotopic (exact) mass is 378 g/mol. The highest BCUT2D eigenvalue weighted by molar-refractivity contribution is 7.15. The van der Waals surface area contributed by atoms with Crippen molar-refractivity contribution in [3.05, 3.63) is 82.2 Å². The number of thiophene rings is 1. The highest BCUT2D eigenvalue weighted by atomic mass is 35.5. The van der Waals surface area contributed by atoms with E-state index in [1.54, 1.807) is 23.5 Å². The van der Waals surface area contributed by atoms with E-state index in [4.69, 9.17) is 16.6 Å². The molecule has 2 aromatic carbocycles. The zero-order chi connectivity index (χ0) is 18.1. The molecule has 5 heteroatoms. The second kappa shape index (κ2) is 6.90. The molecule has 0 aliphatic heterocycles. The average Bonchev–Trinajstić information content (AvgIpc) is 3.07. The molecule has 0 bridgehead atoms. The number of carbonyl (C=O) groups excluding carboxylic acids is 1. The normalized spacial score (nSPS) is 10.8. The summed E-state index contributed by atoms with van der Waals surface area (Å²) < 4.78 is 0. The van der Waals surface area contributed by atoms with E-state index in [1.165, 1.54) is 4.88 Å². The Hall–Kier alpha value is -2.69. The van der Waals surface area contributed by atoms with Gasteiger partial charge in [-0.05, 0) is 49.4 Å². The molecule has 3 nitrogen and oxygen atoms in total. The molecule has 1 amide bonds. The average molecular weight is 379 g/mol. The van der Waals surface area contributed by atoms with Crippen LogP contribution in [0.5, 0.6) is 0 Å². The van der Waals surface area contributed by atoms with Crippen molar-refractivity contribution in [3.8, 4) is 10.6 Å². The Labute approximate surface area is 160 Å². The number of hydrogen-bond donors (Lipinski definition) is 1. The molecule has 0 aliphatic carbocycles. The fourth-order valence-electron chi connectivity index (χ4n) is 2.83. The molecule has 0 unspecified atom stereocenters. The molecule has 26 heavy (non-hydrogen) atoms. The van der Waals surface area contributed by atoms with E-state index >= 15 is 0 Å². The summed E-state index contributed by atoms with van der Waals surface area (Å²) in [7, 11) is 0. The van der Waals surface area contributed by atoms with Gasteiger partial charge in [-0.15, -0.1) is 11.3 Å². The number of nitrogens with zero attached hydrogens (tertiary/aromatic N) is 1. The van der Waals surface area contributed by atoms with Crippen LogP contribution in [0.25, 0.3) is 21.5 Å². The number of aromatic nitrogens is 1. The third-order valence-electron chi connectivity index (χ3n) is 4.04. The van der Waals surface area contributed by atoms with E-state index in [-0.39, 0.29) is 5.91 Å². The first-order chi connectivity index (χ1) is 12.6. The fraction of sp³-hybridized carbons (Fsp3) is 0.0476. The van der Waals surface area contributed by atoms with Crippen molar-refractivity contribution in [3.63, 3.8) is 0 Å². The molecule has 0 fully saturated rings. The molecule has 0 atom stereocenters. The highest BCUT2D eigenvalue weighted by Gasteiger charge is 2.15. The number of halogens is 1. The summed E-state index contributed by atoms with van der Waals surface area (Å²) in [6, 6.07) is 20.8. The Kier molecular flexibility index (Phi) is 4.45. The topological polar surface area (TPSA) is 42.0 Å². The Balaban J connectivity index is 1.81. The molecule has 0 aliphatic rings. The van der Waals surface area contributed by atoms with Crippen LogP contribution in [-0.4, -0.2) is 10.9 Å². The number of nitrogens with one attached hydrogen (secondary N) is 1. The van der Waals surface area contributed by atoms with Gasteiger partial charge in [0.15, 0.2) is 0 Å². The molecule has 0 saturated carbocycles. The van der Waals surface area contributed by atoms with Gasteiger partial charge in [0.05, 0.1) is 21.7 Å². The van der Waals surface area contributed by atoms with Gasteiger partial charge < -0.3 is 5.32 Å². The minimum Gasteiger partial charge on any atom is -0.322 e. The van der Waals surface area contributed by atoms with Gasteiger partial charge in [0.2, 0.25) is 0 Å². The number of benzene rings is 2. The van der Waals surface area contributed by atoms with Crippen molar-refractivity contribution in [2.24, 2.45) is 0 Å². The Bertz CT molecular complexity index is 1120. The van der Waals surface area contributed by atoms with Gasteiger partial charge in [0.1, 0.15) is 0 Å². The van der Waals surface area contributed by atoms with Crippen LogP contribution < -0.4 is 5.32 Å². The van der Waals surface area contributed by atoms with Crippen LogP contribution in [0, 0.1) is 6.92 Å². The maximum absolute atomic E-state index is 12.9. The molecular weight excluding hydrogens is 364 g/mol. The van der Waals surface area contributed by atoms with Crippen molar-refractivity contribution in [1.29, 1.82) is 0 Å². The third-order valence-corrected chi connectivity index (χ3v) is 5.29. The van der Waals surface area contributed by atoms with Gasteiger partial charge in [0, 0.05) is 21.0 Å². The van der Waals surface area contributed by atoms with Crippen LogP contribution in [0.4, 0.5) is 5.69 Å². The highest BCUT2D eigenvalue weighted by Crippen LogP contribution is 2.30. The van der Waals surface area contributed by atoms with E-state index in [9.17, 15) is 4.79 Å². The van der Waals surface area contributed by atoms with Crippen LogP contribution in [0.2, 0.25) is 5.02 Å². The van der Waals surface area contributed by atoms with Crippen LogP contribution in [0.1, 0.15) is 15.2 Å². The standard InChI is InChI=1S/C21H15ClN2OS/c1-13-9-10-20(26-13)19-12-17(16-7-2-3-8-18(16)24-19)21(25)23-15-6-4-5-14(22)11-15/h2-12H,1H3,(H,23,25). The van der Waals surface area contributed by atoms with Gasteiger partial charge >= 0.3 is 0 Å². The summed E-state index contributed by atoms with van der Waals surface area (Å²) in [5.74, 6) is -0.180. The van der Waals surface area contributed by atoms with Crippen molar-refractivity contribution in [2.75, 3.05) is 5.32 Å². The maximum atomic E-state index is 12.9. The number of carbonyl (C=O) groups is 1. The van der Waals surface area contributed by atoms with E-state index in [0.717, 1.165) is 21.5 Å². The quantitative estimate of drug-likeness (QED) is 0.462. The summed E-state index contributed by atoms with van der Waals surface area (Å²) in [6.45, 7) is 2.06. The number of pyridine rings is 1. The first-order valence-electron chi connectivity index (χ1n) is 8.14. The lowest BCUT2D eigenvalue weighted by Crippen LogP contribution is -2.13. The van der Waals surface area contributed by atoms with Crippen molar-refractivity contribution in [2.45, 2.75) is 6.92 Å². The second-order valence-electron chi connectivity index (χ2n) is 5.95. The van der Waals surface area contributed by atoms with E-state index in [1.807, 2.05) is 48.5 Å². The summed E-state index contributed by atoms with van der Waals surface area (Å²) in [5.41, 5.74) is 2.86. The lowest BCUT2D eigenvalue weighted by Gasteiger charge is -2.10. The van der Waals surface area contributed by atoms with E-state index < -0.39 is 0 Å². The third kappa shape index (κ3) is 3.34. The predicted molar refractivity (Wildman–Crippen MR) is 109 cm³/mol. The zero-order valence-electron chi connectivity index (χ0n) is 14.0. The molecule has 0 radical (unpaired) electrons. The maximum Gasteiger partial charge on any atom is 0.256 e. The summed E-state index contributed by atoms with van der Waals surface area (Å²) in [6.07, 6.45) is 0. The zero-order valence-corrected chi connectivity index (χ0v) is 15.6. The number of fused-ring (bicyclic) bond motifs is 1. The van der Waals surface area contributed by atoms with Gasteiger partial charge in [-0.3, -0.25) is 4.79 Å². The first-order valence-corrected chi connectivity index (χ1v) is 9.33. The SMILES string of the molecule is Cc1ccc(-c2cc(C(=O)Nc3cccc(Cl)c3)c3ccccc3n2)s1. The van der Waals surface area contributed by atoms with Crippen LogP contribution in [0.15, 0.2) is 66.7 Å². The first kappa shape index (κ1) is 16.8. The van der Waals surface area contributed by atoms with Crippen molar-refractivity contribution >= 4 is 45.4 Å². The molecular formula is C21H15ClN2OS. The molecule has 1 N–H and O–H groups in total. The number of aryl methyl sites for hydroxylation is 1. The summed E-state index contributed by atoms with van der Waals surface area (Å²) in [4.78, 5) is 19.9. The minimum atomic E-state index is -0.180. The molecule has 0 spiro atoms. The summed E-state index contributed by atoms with van der Waals surface area (Å²) in [5, 5.41) is 4.33. The van der Waals surface area contributed by atoms with E-state index in [0.29, 0.717) is 16.3 Å². The Morgan fingerprint density at radius 3 is 2.65 bits per heavy atom. The lowest BCUT2D eigenvalue weighted by molar-refractivity contribution is 0.102. The van der Waals surface area contributed by atoms with Gasteiger partial charge in [-0.1, -0.05) is 35.9 Å². The van der Waals surface area contributed by atoms with Gasteiger partial charge in [-0.2, -0.15) is 0 Å². The van der Waals surface area contributed by atoms with Crippen LogP contribution in [-0.2, 0) is 0 Å². The number of hydrogen-bond acceptors (Lipinski definition) is 3. The largest absolute Gasteiger partial charge is 0.322 e. The summed E-state index contributed by atoms with van der Waals surface area (Å²) >= 11 is 7.68. The van der Waals surface area contributed by atoms with Gasteiger partial charge in [0.25, 0.3) is 5.91 Å². The van der Waals surface area contributed by atoms with Crippen LogP contribution in [0.3, 0.4) is 0 Å². The molecule has 4 rings (SSSR count). The fourth-order valence-corrected chi connectivity index (χ4v) is 3.84. The smallest absolute Gasteiger partial charge is 0.256 e. The molecule has 2 heterocycles. The molecule has 4 aromatic rings. The van der Waals surface area contributed by atoms with Crippen molar-refractivity contribution in [1.82, 2.24) is 4.98 Å². The Morgan fingerprint density at radius 2 is 1.88 bits per heavy atom. The number of amides is 1.